The van der Waals surface area contributed by atoms with Gasteiger partial charge in [0.25, 0.3) is 0 Å². The van der Waals surface area contributed by atoms with E-state index in [9.17, 15) is 0 Å². The van der Waals surface area contributed by atoms with Crippen molar-refractivity contribution < 1.29 is 0 Å². The number of rotatable bonds is 6. The SMILES string of the molecule is C(=N\N(c1ccccc1)c1ccccc1)/c1ccc2c(c1)c1ccccc1n2C1CCC1n1c2ccccc2c2ccccc21. The molecule has 1 fully saturated rings. The molecule has 0 radical (unpaired) electrons. The van der Waals surface area contributed by atoms with E-state index in [0.29, 0.717) is 12.1 Å². The van der Waals surface area contributed by atoms with E-state index in [2.05, 4.69) is 149 Å². The maximum absolute atomic E-state index is 4.99. The zero-order chi connectivity index (χ0) is 29.7. The highest BCUT2D eigenvalue weighted by atomic mass is 15.5. The summed E-state index contributed by atoms with van der Waals surface area (Å²) in [5.74, 6) is 0. The zero-order valence-corrected chi connectivity index (χ0v) is 24.9. The van der Waals surface area contributed by atoms with Crippen LogP contribution in [0.15, 0.2) is 157 Å². The van der Waals surface area contributed by atoms with Gasteiger partial charge in [0, 0.05) is 43.6 Å². The van der Waals surface area contributed by atoms with Crippen molar-refractivity contribution in [3.05, 3.63) is 157 Å². The van der Waals surface area contributed by atoms with Crippen LogP contribution in [-0.4, -0.2) is 15.3 Å². The van der Waals surface area contributed by atoms with Gasteiger partial charge in [-0.15, -0.1) is 0 Å². The number of fused-ring (bicyclic) bond motifs is 6. The van der Waals surface area contributed by atoms with Crippen molar-refractivity contribution in [3.63, 3.8) is 0 Å². The van der Waals surface area contributed by atoms with Crippen LogP contribution in [-0.2, 0) is 0 Å². The molecule has 0 spiro atoms. The largest absolute Gasteiger partial charge is 0.335 e. The summed E-state index contributed by atoms with van der Waals surface area (Å²) in [6, 6.07) is 54.9. The number of benzene rings is 6. The Hall–Kier alpha value is -5.61. The predicted octanol–water partition coefficient (Wildman–Crippen LogP) is 10.7. The average Bonchev–Trinajstić information content (AvgIpc) is 3.58. The molecule has 0 amide bonds. The second-order valence-corrected chi connectivity index (χ2v) is 12.0. The van der Waals surface area contributed by atoms with Crippen molar-refractivity contribution in [1.82, 2.24) is 9.13 Å². The molecule has 216 valence electrons. The number of hydrogen-bond acceptors (Lipinski definition) is 2. The predicted molar refractivity (Wildman–Crippen MR) is 189 cm³/mol. The lowest BCUT2D eigenvalue weighted by Gasteiger charge is -2.40. The number of para-hydroxylation sites is 5. The van der Waals surface area contributed by atoms with Crippen molar-refractivity contribution in [2.75, 3.05) is 5.01 Å². The van der Waals surface area contributed by atoms with Crippen LogP contribution in [0.2, 0.25) is 0 Å². The molecule has 4 nitrogen and oxygen atoms in total. The van der Waals surface area contributed by atoms with E-state index in [1.54, 1.807) is 0 Å². The van der Waals surface area contributed by atoms with Crippen LogP contribution in [0.4, 0.5) is 11.4 Å². The van der Waals surface area contributed by atoms with Gasteiger partial charge in [0.1, 0.15) is 0 Å². The Kier molecular flexibility index (Phi) is 6.05. The minimum absolute atomic E-state index is 0.373. The summed E-state index contributed by atoms with van der Waals surface area (Å²) in [5, 5.41) is 12.2. The smallest absolute Gasteiger partial charge is 0.0652 e. The molecule has 4 heteroatoms. The molecule has 1 aliphatic rings. The molecule has 1 saturated carbocycles. The van der Waals surface area contributed by atoms with Gasteiger partial charge in [-0.3, -0.25) is 0 Å². The van der Waals surface area contributed by atoms with Crippen LogP contribution in [0.25, 0.3) is 43.6 Å². The average molecular weight is 581 g/mol. The summed E-state index contributed by atoms with van der Waals surface area (Å²) >= 11 is 0. The summed E-state index contributed by atoms with van der Waals surface area (Å²) in [6.07, 6.45) is 4.31. The van der Waals surface area contributed by atoms with Gasteiger partial charge >= 0.3 is 0 Å². The van der Waals surface area contributed by atoms with Crippen LogP contribution < -0.4 is 5.01 Å². The van der Waals surface area contributed by atoms with E-state index in [-0.39, 0.29) is 0 Å². The Morgan fingerprint density at radius 3 is 1.38 bits per heavy atom. The van der Waals surface area contributed by atoms with Gasteiger partial charge in [-0.05, 0) is 73.0 Å². The Morgan fingerprint density at radius 1 is 0.467 bits per heavy atom. The maximum Gasteiger partial charge on any atom is 0.0652 e. The molecule has 0 N–H and O–H groups in total. The molecular weight excluding hydrogens is 548 g/mol. The number of hydrazone groups is 1. The van der Waals surface area contributed by atoms with Gasteiger partial charge in [0.05, 0.1) is 29.7 Å². The molecule has 0 bridgehead atoms. The quantitative estimate of drug-likeness (QED) is 0.142. The van der Waals surface area contributed by atoms with Gasteiger partial charge in [0.2, 0.25) is 0 Å². The summed E-state index contributed by atoms with van der Waals surface area (Å²) in [7, 11) is 0. The first-order chi connectivity index (χ1) is 22.3. The normalized spacial score (nSPS) is 16.6. The number of aromatic nitrogens is 2. The van der Waals surface area contributed by atoms with E-state index in [0.717, 1.165) is 23.4 Å². The summed E-state index contributed by atoms with van der Waals surface area (Å²) in [6.45, 7) is 0. The minimum Gasteiger partial charge on any atom is -0.335 e. The fourth-order valence-corrected chi connectivity index (χ4v) is 7.38. The third-order valence-corrected chi connectivity index (χ3v) is 9.54. The highest BCUT2D eigenvalue weighted by Crippen LogP contribution is 2.49. The van der Waals surface area contributed by atoms with Crippen LogP contribution in [0.1, 0.15) is 30.5 Å². The van der Waals surface area contributed by atoms with E-state index < -0.39 is 0 Å². The molecule has 0 aliphatic heterocycles. The minimum atomic E-state index is 0.373. The van der Waals surface area contributed by atoms with Gasteiger partial charge in [-0.1, -0.05) is 97.1 Å². The van der Waals surface area contributed by atoms with E-state index >= 15 is 0 Å². The second-order valence-electron chi connectivity index (χ2n) is 12.0. The molecular formula is C41H32N4. The van der Waals surface area contributed by atoms with Gasteiger partial charge in [0.15, 0.2) is 0 Å². The van der Waals surface area contributed by atoms with E-state index in [1.165, 1.54) is 50.0 Å². The van der Waals surface area contributed by atoms with Crippen molar-refractivity contribution in [1.29, 1.82) is 0 Å². The first-order valence-electron chi connectivity index (χ1n) is 15.8. The van der Waals surface area contributed by atoms with E-state index in [1.807, 2.05) is 23.4 Å². The Bertz CT molecular complexity index is 2250. The molecule has 1 aliphatic carbocycles. The lowest BCUT2D eigenvalue weighted by atomic mass is 9.85. The highest BCUT2D eigenvalue weighted by Gasteiger charge is 2.37. The molecule has 6 aromatic carbocycles. The van der Waals surface area contributed by atoms with Crippen LogP contribution in [0.3, 0.4) is 0 Å². The molecule has 2 heterocycles. The molecule has 2 unspecified atom stereocenters. The van der Waals surface area contributed by atoms with Crippen LogP contribution in [0, 0.1) is 0 Å². The zero-order valence-electron chi connectivity index (χ0n) is 24.9. The second kappa shape index (κ2) is 10.5. The first kappa shape index (κ1) is 25.8. The molecule has 9 rings (SSSR count). The Morgan fingerprint density at radius 2 is 0.889 bits per heavy atom. The third kappa shape index (κ3) is 4.17. The summed E-state index contributed by atoms with van der Waals surface area (Å²) < 4.78 is 5.23. The van der Waals surface area contributed by atoms with Crippen molar-refractivity contribution in [3.8, 4) is 0 Å². The van der Waals surface area contributed by atoms with Gasteiger partial charge in [-0.2, -0.15) is 5.10 Å². The van der Waals surface area contributed by atoms with Crippen LogP contribution in [0.5, 0.6) is 0 Å². The monoisotopic (exact) mass is 580 g/mol. The molecule has 2 atom stereocenters. The number of hydrogen-bond donors (Lipinski definition) is 0. The Balaban J connectivity index is 1.15. The topological polar surface area (TPSA) is 25.5 Å². The fourth-order valence-electron chi connectivity index (χ4n) is 7.38. The van der Waals surface area contributed by atoms with Crippen molar-refractivity contribution >= 4 is 61.2 Å². The molecule has 45 heavy (non-hydrogen) atoms. The Labute approximate surface area is 262 Å². The molecule has 0 saturated heterocycles. The standard InChI is InChI=1S/C41H32N4/c1-3-13-30(14-4-1)45(31-15-5-2-6-16-31)42-28-29-23-24-39-35(27-29)34-19-9-12-22-38(34)44(39)41-26-25-40(41)43-36-20-10-7-17-32(36)33-18-8-11-21-37(33)43/h1-24,27-28,40-41H,25-26H2/b42-28+. The lowest BCUT2D eigenvalue weighted by molar-refractivity contribution is 0.205. The summed E-state index contributed by atoms with van der Waals surface area (Å²) in [5.41, 5.74) is 8.37. The third-order valence-electron chi connectivity index (χ3n) is 9.54. The van der Waals surface area contributed by atoms with Gasteiger partial charge in [-0.25, -0.2) is 5.01 Å². The van der Waals surface area contributed by atoms with Crippen LogP contribution >= 0.6 is 0 Å². The van der Waals surface area contributed by atoms with Gasteiger partial charge < -0.3 is 9.13 Å². The summed E-state index contributed by atoms with van der Waals surface area (Å²) in [4.78, 5) is 0. The molecule has 8 aromatic rings. The fraction of sp³-hybridized carbons (Fsp3) is 0.0976. The number of anilines is 2. The van der Waals surface area contributed by atoms with E-state index in [4.69, 9.17) is 5.10 Å². The lowest BCUT2D eigenvalue weighted by Crippen LogP contribution is -2.31. The first-order valence-corrected chi connectivity index (χ1v) is 15.8. The van der Waals surface area contributed by atoms with Crippen molar-refractivity contribution in [2.45, 2.75) is 24.9 Å². The number of nitrogens with zero attached hydrogens (tertiary/aromatic N) is 4. The molecule has 2 aromatic heterocycles. The highest BCUT2D eigenvalue weighted by molar-refractivity contribution is 6.10. The maximum atomic E-state index is 4.99. The van der Waals surface area contributed by atoms with Crippen molar-refractivity contribution in [2.24, 2.45) is 5.10 Å².